The molecule has 1 N–H and O–H groups in total. The SMILES string of the molecule is CN1C(=O)NC(=O)/C(=C\c2ccc3c(c2)CC2(C(=O)N(C)C(=O)N(C)C2=O)C2CCCN32)C1=O. The number of nitrogens with one attached hydrogen (secondary N) is 1. The van der Waals surface area contributed by atoms with Crippen LogP contribution < -0.4 is 10.2 Å². The van der Waals surface area contributed by atoms with Crippen molar-refractivity contribution < 1.29 is 28.8 Å². The number of carbonyl (C=O) groups excluding carboxylic acids is 6. The Morgan fingerprint density at radius 2 is 1.65 bits per heavy atom. The van der Waals surface area contributed by atoms with Crippen LogP contribution in [0, 0.1) is 5.41 Å². The second-order valence-electron chi connectivity index (χ2n) is 9.08. The number of fused-ring (bicyclic) bond motifs is 4. The summed E-state index contributed by atoms with van der Waals surface area (Å²) in [5, 5.41) is 2.11. The fraction of sp³-hybridized carbons (Fsp3) is 0.391. The summed E-state index contributed by atoms with van der Waals surface area (Å²) >= 11 is 0. The van der Waals surface area contributed by atoms with Crippen molar-refractivity contribution >= 4 is 47.5 Å². The number of anilines is 1. The highest BCUT2D eigenvalue weighted by atomic mass is 16.2. The van der Waals surface area contributed by atoms with Gasteiger partial charge < -0.3 is 4.90 Å². The molecule has 3 saturated heterocycles. The number of amides is 8. The molecule has 0 aromatic heterocycles. The van der Waals surface area contributed by atoms with Crippen molar-refractivity contribution in [2.45, 2.75) is 25.3 Å². The number of likely N-dealkylation sites (N-methyl/N-ethyl adjacent to an activating group) is 1. The maximum absolute atomic E-state index is 13.5. The minimum atomic E-state index is -1.43. The third-order valence-electron chi connectivity index (χ3n) is 7.27. The van der Waals surface area contributed by atoms with E-state index in [-0.39, 0.29) is 18.0 Å². The lowest BCUT2D eigenvalue weighted by Gasteiger charge is -2.50. The molecule has 0 aliphatic carbocycles. The molecule has 176 valence electrons. The van der Waals surface area contributed by atoms with Crippen molar-refractivity contribution in [3.63, 3.8) is 0 Å². The van der Waals surface area contributed by atoms with Crippen LogP contribution in [0.25, 0.3) is 6.08 Å². The minimum absolute atomic E-state index is 0.0959. The number of rotatable bonds is 1. The van der Waals surface area contributed by atoms with Crippen molar-refractivity contribution in [3.05, 3.63) is 34.9 Å². The zero-order valence-corrected chi connectivity index (χ0v) is 19.0. The number of hydrogen-bond donors (Lipinski definition) is 1. The Hall–Kier alpha value is -4.02. The molecule has 0 radical (unpaired) electrons. The smallest absolute Gasteiger partial charge is 0.332 e. The second-order valence-corrected chi connectivity index (χ2v) is 9.08. The van der Waals surface area contributed by atoms with Crippen molar-refractivity contribution in [2.75, 3.05) is 32.6 Å². The van der Waals surface area contributed by atoms with E-state index >= 15 is 0 Å². The van der Waals surface area contributed by atoms with E-state index in [0.29, 0.717) is 24.1 Å². The molecule has 4 aliphatic rings. The minimum Gasteiger partial charge on any atom is -0.367 e. The van der Waals surface area contributed by atoms with Gasteiger partial charge in [0, 0.05) is 33.4 Å². The van der Waals surface area contributed by atoms with Crippen LogP contribution in [0.3, 0.4) is 0 Å². The molecule has 3 fully saturated rings. The van der Waals surface area contributed by atoms with Gasteiger partial charge in [-0.3, -0.25) is 39.2 Å². The Kier molecular flexibility index (Phi) is 4.64. The highest BCUT2D eigenvalue weighted by Gasteiger charge is 2.63. The van der Waals surface area contributed by atoms with Gasteiger partial charge in [0.25, 0.3) is 11.8 Å². The molecule has 0 saturated carbocycles. The predicted molar refractivity (Wildman–Crippen MR) is 118 cm³/mol. The van der Waals surface area contributed by atoms with Crippen LogP contribution in [-0.2, 0) is 25.6 Å². The van der Waals surface area contributed by atoms with Gasteiger partial charge in [0.15, 0.2) is 5.41 Å². The standard InChI is InChI=1S/C23H23N5O6/c1-25-18(30)14(17(29)24-21(25)33)10-12-6-7-15-13(9-12)11-23(16-5-4-8-28(15)16)19(31)26(2)22(34)27(3)20(23)32/h6-7,9-10,16H,4-5,8,11H2,1-3H3,(H,24,29,33)/b14-10+. The van der Waals surface area contributed by atoms with E-state index in [1.807, 2.05) is 11.0 Å². The van der Waals surface area contributed by atoms with E-state index in [0.717, 1.165) is 26.8 Å². The predicted octanol–water partition coefficient (Wildman–Crippen LogP) is 0.340. The van der Waals surface area contributed by atoms with Gasteiger partial charge in [0.05, 0.1) is 6.04 Å². The van der Waals surface area contributed by atoms with E-state index in [1.165, 1.54) is 27.2 Å². The Morgan fingerprint density at radius 1 is 0.971 bits per heavy atom. The fourth-order valence-electron chi connectivity index (χ4n) is 5.54. The van der Waals surface area contributed by atoms with Crippen LogP contribution in [-0.4, -0.2) is 84.1 Å². The number of hydrogen-bond acceptors (Lipinski definition) is 7. The van der Waals surface area contributed by atoms with Crippen molar-refractivity contribution in [1.29, 1.82) is 0 Å². The number of benzene rings is 1. The van der Waals surface area contributed by atoms with Crippen LogP contribution >= 0.6 is 0 Å². The molecule has 11 heteroatoms. The summed E-state index contributed by atoms with van der Waals surface area (Å²) in [6, 6.07) is 3.53. The molecular weight excluding hydrogens is 442 g/mol. The number of carbonyl (C=O) groups is 6. The molecule has 1 aromatic rings. The van der Waals surface area contributed by atoms with Crippen LogP contribution in [0.15, 0.2) is 23.8 Å². The van der Waals surface area contributed by atoms with Crippen LogP contribution in [0.5, 0.6) is 0 Å². The first kappa shape index (κ1) is 21.8. The van der Waals surface area contributed by atoms with Crippen LogP contribution in [0.4, 0.5) is 15.3 Å². The van der Waals surface area contributed by atoms with Crippen molar-refractivity contribution in [1.82, 2.24) is 20.0 Å². The summed E-state index contributed by atoms with van der Waals surface area (Å²) in [5.74, 6) is -2.55. The summed E-state index contributed by atoms with van der Waals surface area (Å²) in [5.41, 5.74) is 0.475. The first-order valence-electron chi connectivity index (χ1n) is 10.9. The summed E-state index contributed by atoms with van der Waals surface area (Å²) in [6.07, 6.45) is 2.93. The molecule has 1 unspecified atom stereocenters. The Morgan fingerprint density at radius 3 is 2.32 bits per heavy atom. The summed E-state index contributed by atoms with van der Waals surface area (Å²) in [6.45, 7) is 0.662. The van der Waals surface area contributed by atoms with Gasteiger partial charge in [0.1, 0.15) is 5.57 Å². The summed E-state index contributed by atoms with van der Waals surface area (Å²) < 4.78 is 0. The fourth-order valence-corrected chi connectivity index (χ4v) is 5.54. The van der Waals surface area contributed by atoms with Gasteiger partial charge in [-0.2, -0.15) is 0 Å². The van der Waals surface area contributed by atoms with E-state index in [1.54, 1.807) is 12.1 Å². The average molecular weight is 465 g/mol. The third-order valence-corrected chi connectivity index (χ3v) is 7.27. The zero-order valence-electron chi connectivity index (χ0n) is 19.0. The summed E-state index contributed by atoms with van der Waals surface area (Å²) in [4.78, 5) is 80.6. The Bertz CT molecular complexity index is 1210. The Balaban J connectivity index is 1.60. The van der Waals surface area contributed by atoms with E-state index < -0.39 is 41.1 Å². The first-order chi connectivity index (χ1) is 16.1. The lowest BCUT2D eigenvalue weighted by atomic mass is 9.68. The monoisotopic (exact) mass is 465 g/mol. The van der Waals surface area contributed by atoms with Crippen LogP contribution in [0.2, 0.25) is 0 Å². The lowest BCUT2D eigenvalue weighted by Crippen LogP contribution is -2.70. The molecule has 5 rings (SSSR count). The molecule has 11 nitrogen and oxygen atoms in total. The number of imide groups is 4. The molecule has 8 amide bonds. The number of urea groups is 2. The van der Waals surface area contributed by atoms with Crippen LogP contribution in [0.1, 0.15) is 24.0 Å². The topological polar surface area (TPSA) is 127 Å². The van der Waals surface area contributed by atoms with Gasteiger partial charge in [0.2, 0.25) is 11.8 Å². The highest BCUT2D eigenvalue weighted by molar-refractivity contribution is 6.30. The molecule has 1 aromatic carbocycles. The highest BCUT2D eigenvalue weighted by Crippen LogP contribution is 2.49. The number of nitrogens with zero attached hydrogens (tertiary/aromatic N) is 4. The first-order valence-corrected chi connectivity index (χ1v) is 10.9. The summed E-state index contributed by atoms with van der Waals surface area (Å²) in [7, 11) is 4.04. The zero-order chi connectivity index (χ0) is 24.5. The maximum Gasteiger partial charge on any atom is 0.332 e. The van der Waals surface area contributed by atoms with Gasteiger partial charge in [-0.15, -0.1) is 0 Å². The molecular formula is C23H23N5O6. The quantitative estimate of drug-likeness (QED) is 0.360. The molecule has 4 heterocycles. The van der Waals surface area contributed by atoms with Gasteiger partial charge in [-0.25, -0.2) is 9.59 Å². The van der Waals surface area contributed by atoms with Crippen molar-refractivity contribution in [2.24, 2.45) is 5.41 Å². The molecule has 1 atom stereocenters. The Labute approximate surface area is 194 Å². The van der Waals surface area contributed by atoms with Gasteiger partial charge >= 0.3 is 12.1 Å². The average Bonchev–Trinajstić information content (AvgIpc) is 3.32. The van der Waals surface area contributed by atoms with Gasteiger partial charge in [-0.1, -0.05) is 6.07 Å². The maximum atomic E-state index is 13.5. The normalized spacial score (nSPS) is 25.4. The molecule has 34 heavy (non-hydrogen) atoms. The largest absolute Gasteiger partial charge is 0.367 e. The van der Waals surface area contributed by atoms with E-state index in [9.17, 15) is 28.8 Å². The molecule has 4 aliphatic heterocycles. The number of barbiturate groups is 2. The second kappa shape index (κ2) is 7.24. The van der Waals surface area contributed by atoms with E-state index in [2.05, 4.69) is 5.32 Å². The van der Waals surface area contributed by atoms with E-state index in [4.69, 9.17) is 0 Å². The molecule has 0 bridgehead atoms. The third kappa shape index (κ3) is 2.76. The van der Waals surface area contributed by atoms with Gasteiger partial charge in [-0.05, 0) is 48.6 Å². The lowest BCUT2D eigenvalue weighted by molar-refractivity contribution is -0.159. The van der Waals surface area contributed by atoms with Crippen molar-refractivity contribution in [3.8, 4) is 0 Å². The molecule has 1 spiro atoms.